The van der Waals surface area contributed by atoms with Gasteiger partial charge in [0.25, 0.3) is 5.91 Å². The van der Waals surface area contributed by atoms with Crippen LogP contribution in [0.25, 0.3) is 0 Å². The normalized spacial score (nSPS) is 12.7. The van der Waals surface area contributed by atoms with E-state index in [4.69, 9.17) is 11.6 Å². The van der Waals surface area contributed by atoms with Gasteiger partial charge in [0, 0.05) is 23.8 Å². The van der Waals surface area contributed by atoms with Crippen molar-refractivity contribution in [3.05, 3.63) is 82.8 Å². The van der Waals surface area contributed by atoms with Crippen LogP contribution in [0.4, 0.5) is 11.5 Å². The molecule has 130 valence electrons. The van der Waals surface area contributed by atoms with Crippen LogP contribution in [0.5, 0.6) is 0 Å². The van der Waals surface area contributed by atoms with Crippen LogP contribution >= 0.6 is 11.6 Å². The third-order valence-electron chi connectivity index (χ3n) is 4.40. The van der Waals surface area contributed by atoms with E-state index in [2.05, 4.69) is 32.3 Å². The molecule has 0 saturated carbocycles. The maximum Gasteiger partial charge on any atom is 0.271 e. The van der Waals surface area contributed by atoms with E-state index in [1.807, 2.05) is 24.3 Å². The molecule has 0 fully saturated rings. The maximum absolute atomic E-state index is 12.3. The molecule has 1 aliphatic rings. The molecule has 1 aliphatic heterocycles. The van der Waals surface area contributed by atoms with Gasteiger partial charge >= 0.3 is 0 Å². The third kappa shape index (κ3) is 3.39. The standard InChI is InChI=1S/C20H17ClN4O/c21-16-7-5-14(6-8-16)11-24-20(26)17-12-23-19(13-22-17)25-10-9-15-3-1-2-4-18(15)25/h1-8,12-13H,9-11H2,(H,24,26). The quantitative estimate of drug-likeness (QED) is 0.766. The van der Waals surface area contributed by atoms with Crippen molar-refractivity contribution >= 4 is 29.0 Å². The SMILES string of the molecule is O=C(NCc1ccc(Cl)cc1)c1cnc(N2CCc3ccccc32)cn1. The summed E-state index contributed by atoms with van der Waals surface area (Å²) in [6, 6.07) is 15.6. The van der Waals surface area contributed by atoms with E-state index in [1.165, 1.54) is 11.8 Å². The first-order chi connectivity index (χ1) is 12.7. The zero-order chi connectivity index (χ0) is 17.9. The number of nitrogens with one attached hydrogen (secondary N) is 1. The fourth-order valence-electron chi connectivity index (χ4n) is 3.03. The molecule has 0 aliphatic carbocycles. The van der Waals surface area contributed by atoms with Gasteiger partial charge in [-0.1, -0.05) is 41.9 Å². The lowest BCUT2D eigenvalue weighted by Crippen LogP contribution is -2.24. The lowest BCUT2D eigenvalue weighted by Gasteiger charge is -2.17. The van der Waals surface area contributed by atoms with Crippen LogP contribution in [0.15, 0.2) is 60.9 Å². The van der Waals surface area contributed by atoms with Gasteiger partial charge < -0.3 is 10.2 Å². The van der Waals surface area contributed by atoms with Crippen molar-refractivity contribution in [3.63, 3.8) is 0 Å². The lowest BCUT2D eigenvalue weighted by molar-refractivity contribution is 0.0945. The smallest absolute Gasteiger partial charge is 0.271 e. The summed E-state index contributed by atoms with van der Waals surface area (Å²) in [5.74, 6) is 0.505. The molecule has 0 saturated heterocycles. The van der Waals surface area contributed by atoms with Crippen LogP contribution in [0.1, 0.15) is 21.6 Å². The largest absolute Gasteiger partial charge is 0.347 e. The van der Waals surface area contributed by atoms with E-state index < -0.39 is 0 Å². The van der Waals surface area contributed by atoms with Crippen LogP contribution in [-0.2, 0) is 13.0 Å². The fraction of sp³-hybridized carbons (Fsp3) is 0.150. The van der Waals surface area contributed by atoms with Crippen LogP contribution in [0.2, 0.25) is 5.02 Å². The van der Waals surface area contributed by atoms with Gasteiger partial charge in [0.05, 0.1) is 12.4 Å². The Bertz CT molecular complexity index is 925. The fourth-order valence-corrected chi connectivity index (χ4v) is 3.16. The van der Waals surface area contributed by atoms with Crippen LogP contribution < -0.4 is 10.2 Å². The van der Waals surface area contributed by atoms with Crippen molar-refractivity contribution in [2.45, 2.75) is 13.0 Å². The molecule has 1 amide bonds. The van der Waals surface area contributed by atoms with Gasteiger partial charge in [-0.2, -0.15) is 0 Å². The van der Waals surface area contributed by atoms with Crippen molar-refractivity contribution in [2.75, 3.05) is 11.4 Å². The minimum atomic E-state index is -0.249. The number of carbonyl (C=O) groups is 1. The molecular formula is C20H17ClN4O. The predicted octanol–water partition coefficient (Wildman–Crippen LogP) is 3.75. The molecule has 0 unspecified atom stereocenters. The lowest BCUT2D eigenvalue weighted by atomic mass is 10.2. The average Bonchev–Trinajstić information content (AvgIpc) is 3.11. The van der Waals surface area contributed by atoms with Gasteiger partial charge in [0.1, 0.15) is 5.69 Å². The first-order valence-electron chi connectivity index (χ1n) is 8.41. The second kappa shape index (κ2) is 7.14. The van der Waals surface area contributed by atoms with Gasteiger partial charge in [0.2, 0.25) is 0 Å². The number of benzene rings is 2. The van der Waals surface area contributed by atoms with Crippen molar-refractivity contribution in [1.29, 1.82) is 0 Å². The summed E-state index contributed by atoms with van der Waals surface area (Å²) < 4.78 is 0. The Labute approximate surface area is 156 Å². The van der Waals surface area contributed by atoms with E-state index in [0.717, 1.165) is 30.0 Å². The second-order valence-electron chi connectivity index (χ2n) is 6.10. The number of hydrogen-bond acceptors (Lipinski definition) is 4. The zero-order valence-electron chi connectivity index (χ0n) is 14.0. The van der Waals surface area contributed by atoms with Crippen molar-refractivity contribution in [3.8, 4) is 0 Å². The summed E-state index contributed by atoms with van der Waals surface area (Å²) in [6.45, 7) is 1.29. The number of amides is 1. The van der Waals surface area contributed by atoms with E-state index in [-0.39, 0.29) is 5.91 Å². The molecule has 6 heteroatoms. The number of rotatable bonds is 4. The summed E-state index contributed by atoms with van der Waals surface area (Å²) >= 11 is 5.86. The molecule has 0 spiro atoms. The minimum absolute atomic E-state index is 0.249. The molecule has 5 nitrogen and oxygen atoms in total. The highest BCUT2D eigenvalue weighted by molar-refractivity contribution is 6.30. The van der Waals surface area contributed by atoms with E-state index in [0.29, 0.717) is 17.3 Å². The van der Waals surface area contributed by atoms with Crippen LogP contribution in [0.3, 0.4) is 0 Å². The maximum atomic E-state index is 12.3. The highest BCUT2D eigenvalue weighted by Gasteiger charge is 2.21. The third-order valence-corrected chi connectivity index (χ3v) is 4.65. The number of para-hydroxylation sites is 1. The molecule has 1 N–H and O–H groups in total. The summed E-state index contributed by atoms with van der Waals surface area (Å²) in [5.41, 5.74) is 3.73. The Morgan fingerprint density at radius 1 is 1.08 bits per heavy atom. The first-order valence-corrected chi connectivity index (χ1v) is 8.78. The summed E-state index contributed by atoms with van der Waals surface area (Å²) in [6.07, 6.45) is 4.16. The van der Waals surface area contributed by atoms with Crippen LogP contribution in [-0.4, -0.2) is 22.4 Å². The number of halogens is 1. The Hall–Kier alpha value is -2.92. The van der Waals surface area contributed by atoms with Crippen molar-refractivity contribution < 1.29 is 4.79 Å². The highest BCUT2D eigenvalue weighted by atomic mass is 35.5. The highest BCUT2D eigenvalue weighted by Crippen LogP contribution is 2.32. The van der Waals surface area contributed by atoms with Gasteiger partial charge in [-0.05, 0) is 35.7 Å². The van der Waals surface area contributed by atoms with E-state index in [1.54, 1.807) is 18.3 Å². The molecule has 0 radical (unpaired) electrons. The minimum Gasteiger partial charge on any atom is -0.347 e. The predicted molar refractivity (Wildman–Crippen MR) is 102 cm³/mol. The van der Waals surface area contributed by atoms with Crippen LogP contribution in [0, 0.1) is 0 Å². The molecular weight excluding hydrogens is 348 g/mol. The molecule has 3 aromatic rings. The molecule has 4 rings (SSSR count). The Balaban J connectivity index is 1.43. The number of carbonyl (C=O) groups excluding carboxylic acids is 1. The van der Waals surface area contributed by atoms with Gasteiger partial charge in [-0.25, -0.2) is 9.97 Å². The number of anilines is 2. The first kappa shape index (κ1) is 16.5. The van der Waals surface area contributed by atoms with Gasteiger partial charge in [0.15, 0.2) is 5.82 Å². The molecule has 2 aromatic carbocycles. The van der Waals surface area contributed by atoms with E-state index >= 15 is 0 Å². The van der Waals surface area contributed by atoms with Crippen molar-refractivity contribution in [1.82, 2.24) is 15.3 Å². The van der Waals surface area contributed by atoms with Gasteiger partial charge in [-0.15, -0.1) is 0 Å². The zero-order valence-corrected chi connectivity index (χ0v) is 14.8. The van der Waals surface area contributed by atoms with E-state index in [9.17, 15) is 4.79 Å². The monoisotopic (exact) mass is 364 g/mol. The summed E-state index contributed by atoms with van der Waals surface area (Å²) in [4.78, 5) is 23.1. The average molecular weight is 365 g/mol. The second-order valence-corrected chi connectivity index (χ2v) is 6.54. The Kier molecular flexibility index (Phi) is 4.54. The van der Waals surface area contributed by atoms with Crippen molar-refractivity contribution in [2.24, 2.45) is 0 Å². The molecule has 0 bridgehead atoms. The molecule has 2 heterocycles. The Morgan fingerprint density at radius 2 is 1.88 bits per heavy atom. The molecule has 0 atom stereocenters. The van der Waals surface area contributed by atoms with Gasteiger partial charge in [-0.3, -0.25) is 4.79 Å². The number of aromatic nitrogens is 2. The topological polar surface area (TPSA) is 58.1 Å². The number of nitrogens with zero attached hydrogens (tertiary/aromatic N) is 3. The number of hydrogen-bond donors (Lipinski definition) is 1. The number of fused-ring (bicyclic) bond motifs is 1. The summed E-state index contributed by atoms with van der Waals surface area (Å²) in [7, 11) is 0. The molecule has 26 heavy (non-hydrogen) atoms. The summed E-state index contributed by atoms with van der Waals surface area (Å²) in [5, 5.41) is 3.51. The Morgan fingerprint density at radius 3 is 2.65 bits per heavy atom. The molecule has 1 aromatic heterocycles.